The predicted octanol–water partition coefficient (Wildman–Crippen LogP) is 6.17. The van der Waals surface area contributed by atoms with Crippen LogP contribution in [0.1, 0.15) is 37.5 Å². The van der Waals surface area contributed by atoms with Gasteiger partial charge in [-0.2, -0.15) is 17.6 Å². The Morgan fingerprint density at radius 2 is 1.79 bits per heavy atom. The van der Waals surface area contributed by atoms with Crippen LogP contribution in [-0.4, -0.2) is 94.4 Å². The number of aliphatic hydroxyl groups is 1. The lowest BCUT2D eigenvalue weighted by Gasteiger charge is -2.46. The number of carbonyl (C=O) groups excluding carboxylic acids is 2. The summed E-state index contributed by atoms with van der Waals surface area (Å²) in [5.41, 5.74) is -3.03. The van der Waals surface area contributed by atoms with E-state index in [1.165, 1.54) is 31.1 Å². The summed E-state index contributed by atoms with van der Waals surface area (Å²) >= 11 is 6.13. The van der Waals surface area contributed by atoms with Gasteiger partial charge in [0.25, 0.3) is 11.8 Å². The minimum absolute atomic E-state index is 0.0190. The van der Waals surface area contributed by atoms with E-state index in [9.17, 15) is 27.9 Å². The first-order valence-electron chi connectivity index (χ1n) is 16.3. The van der Waals surface area contributed by atoms with Crippen molar-refractivity contribution in [3.05, 3.63) is 81.5 Å². The third kappa shape index (κ3) is 8.14. The lowest BCUT2D eigenvalue weighted by Crippen LogP contribution is -2.59. The Bertz CT molecular complexity index is 1880. The molecule has 2 aliphatic rings. The number of benzene rings is 2. The number of anilines is 1. The van der Waals surface area contributed by atoms with Crippen LogP contribution in [0.4, 0.5) is 27.6 Å². The van der Waals surface area contributed by atoms with Crippen LogP contribution >= 0.6 is 11.6 Å². The van der Waals surface area contributed by atoms with Crippen LogP contribution in [0.5, 0.6) is 5.75 Å². The summed E-state index contributed by atoms with van der Waals surface area (Å²) in [6.45, 7) is 9.23. The predicted molar refractivity (Wildman–Crippen MR) is 181 cm³/mol. The van der Waals surface area contributed by atoms with Crippen molar-refractivity contribution < 1.29 is 46.1 Å². The molecule has 1 atom stereocenters. The van der Waals surface area contributed by atoms with Crippen molar-refractivity contribution in [3.63, 3.8) is 0 Å². The molecule has 1 aromatic heterocycles. The smallest absolute Gasteiger partial charge is 0.416 e. The van der Waals surface area contributed by atoms with Gasteiger partial charge in [-0.1, -0.05) is 38.4 Å². The summed E-state index contributed by atoms with van der Waals surface area (Å²) in [6, 6.07) is 3.97. The van der Waals surface area contributed by atoms with E-state index in [1.807, 2.05) is 0 Å². The van der Waals surface area contributed by atoms with Gasteiger partial charge in [0, 0.05) is 43.4 Å². The second-order valence-electron chi connectivity index (χ2n) is 13.5. The van der Waals surface area contributed by atoms with Crippen molar-refractivity contribution >= 4 is 29.1 Å². The van der Waals surface area contributed by atoms with Crippen molar-refractivity contribution in [1.82, 2.24) is 24.9 Å². The molecule has 1 saturated heterocycles. The van der Waals surface area contributed by atoms with Gasteiger partial charge in [-0.15, -0.1) is 0 Å². The summed E-state index contributed by atoms with van der Waals surface area (Å²) in [7, 11) is 1.45. The molecule has 5 rings (SSSR count). The average molecular weight is 753 g/mol. The van der Waals surface area contributed by atoms with Gasteiger partial charge in [0.05, 0.1) is 42.7 Å². The molecule has 0 spiro atoms. The number of nitrogens with one attached hydrogen (secondary N) is 1. The molecule has 17 heteroatoms. The van der Waals surface area contributed by atoms with Crippen molar-refractivity contribution in [2.24, 2.45) is 5.41 Å². The highest BCUT2D eigenvalue weighted by atomic mass is 35.5. The number of rotatable bonds is 9. The zero-order valence-corrected chi connectivity index (χ0v) is 29.8. The molecule has 11 nitrogen and oxygen atoms in total. The van der Waals surface area contributed by atoms with Gasteiger partial charge >= 0.3 is 6.18 Å². The summed E-state index contributed by atoms with van der Waals surface area (Å²) in [5.74, 6) is -5.70. The first kappa shape index (κ1) is 38.8. The van der Waals surface area contributed by atoms with Crippen LogP contribution in [0.2, 0.25) is 5.15 Å². The largest absolute Gasteiger partial charge is 0.509 e. The highest BCUT2D eigenvalue weighted by molar-refractivity contribution is 6.30. The lowest BCUT2D eigenvalue weighted by molar-refractivity contribution is -0.158. The van der Waals surface area contributed by atoms with Gasteiger partial charge < -0.3 is 19.9 Å². The molecule has 2 N–H and O–H groups in total. The zero-order chi connectivity index (χ0) is 38.1. The van der Waals surface area contributed by atoms with E-state index in [4.69, 9.17) is 21.1 Å². The maximum atomic E-state index is 15.5. The molecule has 2 aliphatic heterocycles. The molecule has 0 aliphatic carbocycles. The highest BCUT2D eigenvalue weighted by Crippen LogP contribution is 2.39. The Kier molecular flexibility index (Phi) is 11.4. The normalized spacial score (nSPS) is 17.9. The van der Waals surface area contributed by atoms with Gasteiger partial charge in [0.1, 0.15) is 29.4 Å². The average Bonchev–Trinajstić information content (AvgIpc) is 3.06. The third-order valence-corrected chi connectivity index (χ3v) is 9.23. The summed E-state index contributed by atoms with van der Waals surface area (Å²) in [6.07, 6.45) is -3.71. The third-order valence-electron chi connectivity index (χ3n) is 8.85. The van der Waals surface area contributed by atoms with E-state index >= 15 is 8.78 Å². The Hall–Kier alpha value is -4.38. The number of hydrogen-bond donors (Lipinski definition) is 2. The van der Waals surface area contributed by atoms with E-state index < -0.39 is 64.5 Å². The van der Waals surface area contributed by atoms with E-state index in [-0.39, 0.29) is 45.6 Å². The highest BCUT2D eigenvalue weighted by Gasteiger charge is 2.46. The van der Waals surface area contributed by atoms with Gasteiger partial charge in [-0.05, 0) is 36.6 Å². The summed E-state index contributed by atoms with van der Waals surface area (Å²) < 4.78 is 82.8. The van der Waals surface area contributed by atoms with Crippen LogP contribution in [0, 0.1) is 24.0 Å². The van der Waals surface area contributed by atoms with Crippen molar-refractivity contribution in [3.8, 4) is 17.0 Å². The number of alkyl halides is 3. The van der Waals surface area contributed by atoms with Crippen LogP contribution in [0.15, 0.2) is 48.0 Å². The molecule has 280 valence electrons. The Morgan fingerprint density at radius 1 is 1.10 bits per heavy atom. The topological polar surface area (TPSA) is 120 Å². The van der Waals surface area contributed by atoms with Crippen molar-refractivity contribution in [2.45, 2.75) is 46.5 Å². The minimum atomic E-state index is -4.75. The van der Waals surface area contributed by atoms with Crippen molar-refractivity contribution in [2.75, 3.05) is 51.8 Å². The van der Waals surface area contributed by atoms with Crippen LogP contribution in [0.25, 0.3) is 11.3 Å². The number of likely N-dealkylation sites (N-methyl/N-ethyl adjacent to an activating group) is 1. The second kappa shape index (κ2) is 15.3. The molecule has 3 aromatic rings. The molecule has 52 heavy (non-hydrogen) atoms. The summed E-state index contributed by atoms with van der Waals surface area (Å²) in [4.78, 5) is 37.9. The minimum Gasteiger partial charge on any atom is -0.509 e. The molecule has 0 radical (unpaired) electrons. The van der Waals surface area contributed by atoms with E-state index in [1.54, 1.807) is 20.8 Å². The number of hydrazine groups is 1. The van der Waals surface area contributed by atoms with Gasteiger partial charge in [0.15, 0.2) is 11.6 Å². The monoisotopic (exact) mass is 752 g/mol. The Labute approximate surface area is 301 Å². The molecule has 0 bridgehead atoms. The van der Waals surface area contributed by atoms with E-state index in [0.29, 0.717) is 32.8 Å². The number of morpholine rings is 1. The number of carbonyl (C=O) groups is 2. The number of halogens is 6. The van der Waals surface area contributed by atoms with Crippen molar-refractivity contribution in [1.29, 1.82) is 0 Å². The molecule has 0 unspecified atom stereocenters. The van der Waals surface area contributed by atoms with Gasteiger partial charge in [-0.25, -0.2) is 19.4 Å². The standard InChI is InChI=1S/C35H38ClF5N6O5/c1-19-28(42-18-43-31(19)36)22-16-21(35(39,40)41)7-8-23(22)44-32(49)25-29(48)30(34(2,3)4)45(5)47(33(25)50)17-20-6-9-24(27(38)26(20)37)52-15-12-46-10-13-51-14-11-46/h6-9,16,18,30,48H,10-15,17H2,1-5H3,(H,44,49)/t30-/m1/s1. The first-order valence-corrected chi connectivity index (χ1v) is 16.7. The summed E-state index contributed by atoms with van der Waals surface area (Å²) in [5, 5.41) is 16.2. The number of hydrogen-bond acceptors (Lipinski definition) is 9. The molecule has 3 heterocycles. The van der Waals surface area contributed by atoms with Crippen LogP contribution < -0.4 is 10.1 Å². The number of aromatic nitrogens is 2. The molecule has 2 aromatic carbocycles. The molecular formula is C35H38ClF5N6O5. The number of ether oxygens (including phenoxy) is 2. The lowest BCUT2D eigenvalue weighted by atomic mass is 9.82. The number of nitrogens with zero attached hydrogens (tertiary/aromatic N) is 5. The maximum absolute atomic E-state index is 15.5. The van der Waals surface area contributed by atoms with Gasteiger partial charge in [-0.3, -0.25) is 19.5 Å². The number of aliphatic hydroxyl groups excluding tert-OH is 1. The van der Waals surface area contributed by atoms with E-state index in [2.05, 4.69) is 20.2 Å². The molecule has 1 fully saturated rings. The van der Waals surface area contributed by atoms with Crippen LogP contribution in [-0.2, 0) is 27.0 Å². The zero-order valence-electron chi connectivity index (χ0n) is 29.1. The fraction of sp³-hybridized carbons (Fsp3) is 0.429. The SMILES string of the molecule is Cc1c(Cl)ncnc1-c1cc(C(F)(F)F)ccc1NC(=O)C1=C(O)[C@H](C(C)(C)C)N(C)N(Cc2ccc(OCCN3CCOCC3)c(F)c2F)C1=O. The molecule has 0 saturated carbocycles. The van der Waals surface area contributed by atoms with E-state index in [0.717, 1.165) is 29.5 Å². The molecular weight excluding hydrogens is 715 g/mol. The Morgan fingerprint density at radius 3 is 2.44 bits per heavy atom. The second-order valence-corrected chi connectivity index (χ2v) is 13.8. The first-order chi connectivity index (χ1) is 24.4. The van der Waals surface area contributed by atoms with Gasteiger partial charge in [0.2, 0.25) is 5.82 Å². The fourth-order valence-electron chi connectivity index (χ4n) is 6.19. The maximum Gasteiger partial charge on any atom is 0.416 e. The Balaban J connectivity index is 1.46. The fourth-order valence-corrected chi connectivity index (χ4v) is 6.32. The quantitative estimate of drug-likeness (QED) is 0.150. The van der Waals surface area contributed by atoms with Crippen LogP contribution in [0.3, 0.4) is 0 Å². The number of amides is 2. The molecule has 2 amide bonds.